The lowest BCUT2D eigenvalue weighted by Gasteiger charge is -2.48. The Hall–Kier alpha value is -1.96. The van der Waals surface area contributed by atoms with Gasteiger partial charge in [-0.25, -0.2) is 0 Å². The predicted octanol–water partition coefficient (Wildman–Crippen LogP) is 12.7. The van der Waals surface area contributed by atoms with Crippen LogP contribution in [0.1, 0.15) is 145 Å². The molecule has 0 amide bonds. The maximum absolute atomic E-state index is 13.3. The SMILES string of the molecule is CC=C(C(C)CC(=O)CCC1=NC=C2CC(C3C=CC=C(C4C=CCCC4C)CC3C)C(C)C(CCC)C2C1)C1CCC(CC)CC1. The molecule has 0 radical (unpaired) electrons. The Bertz CT molecular complexity index is 1230. The van der Waals surface area contributed by atoms with Crippen molar-refractivity contribution in [1.29, 1.82) is 0 Å². The molecule has 9 atom stereocenters. The first-order chi connectivity index (χ1) is 22.7. The summed E-state index contributed by atoms with van der Waals surface area (Å²) in [5, 5.41) is 0. The molecule has 260 valence electrons. The average Bonchev–Trinajstić information content (AvgIpc) is 3.26. The number of aliphatic imine (C=N–C) groups is 1. The van der Waals surface area contributed by atoms with Crippen LogP contribution in [0.5, 0.6) is 0 Å². The summed E-state index contributed by atoms with van der Waals surface area (Å²) < 4.78 is 0. The van der Waals surface area contributed by atoms with Gasteiger partial charge in [0.1, 0.15) is 5.78 Å². The van der Waals surface area contributed by atoms with Gasteiger partial charge >= 0.3 is 0 Å². The minimum atomic E-state index is 0.370. The molecule has 5 aliphatic rings. The lowest BCUT2D eigenvalue weighted by molar-refractivity contribution is -0.119. The van der Waals surface area contributed by atoms with Gasteiger partial charge in [-0.15, -0.1) is 0 Å². The molecule has 0 aromatic heterocycles. The number of rotatable bonds is 12. The molecule has 2 nitrogen and oxygen atoms in total. The van der Waals surface area contributed by atoms with Gasteiger partial charge in [-0.1, -0.05) is 102 Å². The Morgan fingerprint density at radius 1 is 0.979 bits per heavy atom. The Morgan fingerprint density at radius 3 is 2.47 bits per heavy atom. The van der Waals surface area contributed by atoms with Gasteiger partial charge in [-0.3, -0.25) is 9.79 Å². The van der Waals surface area contributed by atoms with Crippen molar-refractivity contribution in [3.05, 3.63) is 59.4 Å². The van der Waals surface area contributed by atoms with E-state index in [1.54, 1.807) is 16.7 Å². The summed E-state index contributed by atoms with van der Waals surface area (Å²) in [6.45, 7) is 16.8. The smallest absolute Gasteiger partial charge is 0.133 e. The van der Waals surface area contributed by atoms with Gasteiger partial charge in [-0.2, -0.15) is 0 Å². The van der Waals surface area contributed by atoms with E-state index in [2.05, 4.69) is 91.1 Å². The van der Waals surface area contributed by atoms with Gasteiger partial charge in [0.2, 0.25) is 0 Å². The highest BCUT2D eigenvalue weighted by atomic mass is 16.1. The number of hydrogen-bond donors (Lipinski definition) is 0. The molecular formula is C45H69NO. The highest BCUT2D eigenvalue weighted by Crippen LogP contribution is 2.52. The van der Waals surface area contributed by atoms with Crippen LogP contribution in [0.4, 0.5) is 0 Å². The van der Waals surface area contributed by atoms with Crippen LogP contribution < -0.4 is 0 Å². The lowest BCUT2D eigenvalue weighted by Crippen LogP contribution is -2.40. The minimum Gasteiger partial charge on any atom is -0.300 e. The quantitative estimate of drug-likeness (QED) is 0.195. The van der Waals surface area contributed by atoms with E-state index in [-0.39, 0.29) is 0 Å². The summed E-state index contributed by atoms with van der Waals surface area (Å²) in [7, 11) is 0. The first-order valence-corrected chi connectivity index (χ1v) is 20.2. The Balaban J connectivity index is 1.19. The van der Waals surface area contributed by atoms with E-state index in [1.807, 2.05) is 0 Å². The van der Waals surface area contributed by atoms with Gasteiger partial charge in [0.25, 0.3) is 0 Å². The molecule has 0 N–H and O–H groups in total. The number of nitrogens with zero attached hydrogens (tertiary/aromatic N) is 1. The third-order valence-electron chi connectivity index (χ3n) is 13.9. The molecule has 1 aliphatic heterocycles. The van der Waals surface area contributed by atoms with Crippen molar-refractivity contribution in [1.82, 2.24) is 0 Å². The first kappa shape index (κ1) is 36.3. The Labute approximate surface area is 289 Å². The molecule has 0 bridgehead atoms. The molecule has 47 heavy (non-hydrogen) atoms. The summed E-state index contributed by atoms with van der Waals surface area (Å²) in [5.74, 6) is 7.79. The van der Waals surface area contributed by atoms with E-state index in [4.69, 9.17) is 4.99 Å². The lowest BCUT2D eigenvalue weighted by atomic mass is 9.57. The molecule has 2 saturated carbocycles. The maximum Gasteiger partial charge on any atom is 0.133 e. The van der Waals surface area contributed by atoms with E-state index in [9.17, 15) is 4.79 Å². The third-order valence-corrected chi connectivity index (χ3v) is 13.9. The number of fused-ring (bicyclic) bond motifs is 1. The van der Waals surface area contributed by atoms with Crippen molar-refractivity contribution < 1.29 is 4.79 Å². The molecule has 0 aromatic carbocycles. The fraction of sp³-hybridized carbons (Fsp3) is 0.733. The number of carbonyl (C=O) groups excluding carboxylic acids is 1. The van der Waals surface area contributed by atoms with Crippen molar-refractivity contribution in [3.63, 3.8) is 0 Å². The molecule has 2 fully saturated rings. The van der Waals surface area contributed by atoms with Crippen LogP contribution in [-0.2, 0) is 4.79 Å². The van der Waals surface area contributed by atoms with Crippen molar-refractivity contribution in [2.75, 3.05) is 0 Å². The van der Waals surface area contributed by atoms with Crippen LogP contribution in [0.2, 0.25) is 0 Å². The summed E-state index contributed by atoms with van der Waals surface area (Å²) >= 11 is 0. The van der Waals surface area contributed by atoms with Crippen LogP contribution in [-0.4, -0.2) is 11.5 Å². The van der Waals surface area contributed by atoms with E-state index in [0.717, 1.165) is 24.7 Å². The second-order valence-electron chi connectivity index (χ2n) is 16.8. The topological polar surface area (TPSA) is 29.4 Å². The highest BCUT2D eigenvalue weighted by Gasteiger charge is 2.44. The van der Waals surface area contributed by atoms with Crippen LogP contribution in [0.25, 0.3) is 0 Å². The summed E-state index contributed by atoms with van der Waals surface area (Å²) in [6.07, 6.45) is 34.5. The highest BCUT2D eigenvalue weighted by molar-refractivity contribution is 5.90. The summed E-state index contributed by atoms with van der Waals surface area (Å²) in [5.41, 5.74) is 6.09. The van der Waals surface area contributed by atoms with Crippen molar-refractivity contribution in [2.24, 2.45) is 70.1 Å². The maximum atomic E-state index is 13.3. The standard InChI is InChI=1S/C45H69NO/c1-8-14-43-33(7)44(42-18-13-16-36(25-31(42)5)41-17-12-11-15-30(41)4)27-37-29-46-38(28-45(37)43)23-24-39(47)26-32(6)40(10-3)35-21-19-34(9-2)20-22-35/h10,12-13,16-18,29-35,41-45H,8-9,11,14-15,19-28H2,1-7H3. The van der Waals surface area contributed by atoms with E-state index in [0.29, 0.717) is 71.9 Å². The number of allylic oxidation sites excluding steroid dienone is 9. The largest absolute Gasteiger partial charge is 0.300 e. The fourth-order valence-electron chi connectivity index (χ4n) is 10.9. The molecule has 9 unspecified atom stereocenters. The van der Waals surface area contributed by atoms with Gasteiger partial charge in [0, 0.05) is 30.7 Å². The average molecular weight is 640 g/mol. The first-order valence-electron chi connectivity index (χ1n) is 20.2. The predicted molar refractivity (Wildman–Crippen MR) is 202 cm³/mol. The number of Topliss-reactive ketones (excluding diaryl/α,β-unsaturated/α-hetero) is 1. The second kappa shape index (κ2) is 17.1. The molecule has 0 saturated heterocycles. The van der Waals surface area contributed by atoms with Gasteiger partial charge in [0.15, 0.2) is 0 Å². The van der Waals surface area contributed by atoms with Crippen molar-refractivity contribution >= 4 is 11.5 Å². The van der Waals surface area contributed by atoms with Crippen LogP contribution in [0, 0.1) is 65.1 Å². The molecule has 2 heteroatoms. The Morgan fingerprint density at radius 2 is 1.77 bits per heavy atom. The van der Waals surface area contributed by atoms with Crippen LogP contribution in [0.3, 0.4) is 0 Å². The Kier molecular flexibility index (Phi) is 13.2. The zero-order chi connectivity index (χ0) is 33.5. The van der Waals surface area contributed by atoms with E-state index < -0.39 is 0 Å². The normalized spacial score (nSPS) is 36.9. The number of hydrogen-bond acceptors (Lipinski definition) is 2. The van der Waals surface area contributed by atoms with Crippen molar-refractivity contribution in [2.45, 2.75) is 145 Å². The molecule has 1 heterocycles. The molecule has 0 aromatic rings. The molecular weight excluding hydrogens is 571 g/mol. The summed E-state index contributed by atoms with van der Waals surface area (Å²) in [4.78, 5) is 18.4. The number of ketones is 1. The van der Waals surface area contributed by atoms with Crippen molar-refractivity contribution in [3.8, 4) is 0 Å². The van der Waals surface area contributed by atoms with Crippen LogP contribution >= 0.6 is 0 Å². The van der Waals surface area contributed by atoms with E-state index in [1.165, 1.54) is 76.3 Å². The zero-order valence-corrected chi connectivity index (χ0v) is 31.4. The van der Waals surface area contributed by atoms with Crippen LogP contribution in [0.15, 0.2) is 64.4 Å². The molecule has 0 spiro atoms. The zero-order valence-electron chi connectivity index (χ0n) is 31.4. The monoisotopic (exact) mass is 640 g/mol. The second-order valence-corrected chi connectivity index (χ2v) is 16.8. The number of carbonyl (C=O) groups is 1. The van der Waals surface area contributed by atoms with E-state index >= 15 is 0 Å². The van der Waals surface area contributed by atoms with Gasteiger partial charge in [-0.05, 0) is 142 Å². The van der Waals surface area contributed by atoms with Gasteiger partial charge < -0.3 is 0 Å². The molecule has 5 rings (SSSR count). The molecule has 4 aliphatic carbocycles. The third kappa shape index (κ3) is 8.80. The van der Waals surface area contributed by atoms with Gasteiger partial charge in [0.05, 0.1) is 0 Å². The fourth-order valence-corrected chi connectivity index (χ4v) is 10.9. The minimum absolute atomic E-state index is 0.370. The summed E-state index contributed by atoms with van der Waals surface area (Å²) in [6, 6.07) is 0.